The number of rotatable bonds is 7. The Bertz CT molecular complexity index is 1070. The molecule has 0 bridgehead atoms. The number of amides is 1. The van der Waals surface area contributed by atoms with E-state index in [1.54, 1.807) is 18.3 Å². The highest BCUT2D eigenvalue weighted by atomic mass is 19.4. The van der Waals surface area contributed by atoms with Crippen molar-refractivity contribution in [3.8, 4) is 6.07 Å². The van der Waals surface area contributed by atoms with Gasteiger partial charge in [-0.3, -0.25) is 14.7 Å². The molecule has 2 heterocycles. The molecule has 180 valence electrons. The molecule has 1 amide bonds. The summed E-state index contributed by atoms with van der Waals surface area (Å²) in [4.78, 5) is 20.1. The van der Waals surface area contributed by atoms with Gasteiger partial charge in [0.15, 0.2) is 0 Å². The van der Waals surface area contributed by atoms with E-state index in [2.05, 4.69) is 21.3 Å². The van der Waals surface area contributed by atoms with E-state index < -0.39 is 28.6 Å². The number of hydrogen-bond acceptors (Lipinski definition) is 4. The van der Waals surface area contributed by atoms with Crippen LogP contribution in [0.25, 0.3) is 0 Å². The van der Waals surface area contributed by atoms with Crippen molar-refractivity contribution in [3.05, 3.63) is 65.5 Å². The van der Waals surface area contributed by atoms with Crippen LogP contribution in [0.15, 0.2) is 48.7 Å². The molecule has 1 aromatic heterocycles. The fourth-order valence-electron chi connectivity index (χ4n) is 4.82. The summed E-state index contributed by atoms with van der Waals surface area (Å²) in [6.07, 6.45) is -1.45. The molecule has 0 radical (unpaired) electrons. The topological polar surface area (TPSA) is 69.0 Å². The van der Waals surface area contributed by atoms with Crippen LogP contribution in [-0.2, 0) is 16.8 Å². The first kappa shape index (κ1) is 24.2. The summed E-state index contributed by atoms with van der Waals surface area (Å²) >= 11 is 0. The molecule has 1 saturated heterocycles. The highest BCUT2D eigenvalue weighted by molar-refractivity contribution is 5.84. The van der Waals surface area contributed by atoms with E-state index in [1.807, 2.05) is 44.2 Å². The van der Waals surface area contributed by atoms with Gasteiger partial charge in [-0.05, 0) is 75.8 Å². The molecule has 0 unspecified atom stereocenters. The Labute approximate surface area is 198 Å². The van der Waals surface area contributed by atoms with Crippen LogP contribution in [0.1, 0.15) is 56.4 Å². The summed E-state index contributed by atoms with van der Waals surface area (Å²) in [7, 11) is 0. The number of benzene rings is 1. The maximum Gasteiger partial charge on any atom is 0.411 e. The normalized spacial score (nSPS) is 22.2. The van der Waals surface area contributed by atoms with Crippen molar-refractivity contribution < 1.29 is 18.0 Å². The molecule has 5 nitrogen and oxygen atoms in total. The van der Waals surface area contributed by atoms with Crippen molar-refractivity contribution in [1.82, 2.24) is 15.2 Å². The molecule has 1 aromatic carbocycles. The smallest absolute Gasteiger partial charge is 0.341 e. The first-order valence-corrected chi connectivity index (χ1v) is 11.6. The average Bonchev–Trinajstić information content (AvgIpc) is 3.48. The maximum absolute atomic E-state index is 13.6. The fourth-order valence-corrected chi connectivity index (χ4v) is 4.82. The fraction of sp³-hybridized carbons (Fsp3) is 0.500. The number of alkyl halides is 3. The molecule has 2 fully saturated rings. The van der Waals surface area contributed by atoms with Crippen molar-refractivity contribution in [2.75, 3.05) is 13.1 Å². The van der Waals surface area contributed by atoms with Crippen LogP contribution in [0.5, 0.6) is 0 Å². The zero-order valence-electron chi connectivity index (χ0n) is 19.5. The minimum Gasteiger partial charge on any atom is -0.341 e. The molecule has 2 aliphatic rings. The van der Waals surface area contributed by atoms with Gasteiger partial charge in [-0.2, -0.15) is 18.4 Å². The van der Waals surface area contributed by atoms with Gasteiger partial charge in [-0.1, -0.05) is 18.2 Å². The average molecular weight is 471 g/mol. The van der Waals surface area contributed by atoms with Crippen molar-refractivity contribution in [2.45, 2.75) is 63.2 Å². The van der Waals surface area contributed by atoms with Crippen LogP contribution in [0.3, 0.4) is 0 Å². The number of nitrogens with zero attached hydrogens (tertiary/aromatic N) is 3. The molecular weight excluding hydrogens is 441 g/mol. The van der Waals surface area contributed by atoms with Crippen molar-refractivity contribution in [2.24, 2.45) is 5.41 Å². The molecule has 1 aliphatic heterocycles. The van der Waals surface area contributed by atoms with Gasteiger partial charge in [-0.15, -0.1) is 0 Å². The molecule has 1 N–H and O–H groups in total. The number of aromatic nitrogens is 1. The summed E-state index contributed by atoms with van der Waals surface area (Å²) in [5.41, 5.74) is -1.16. The monoisotopic (exact) mass is 470 g/mol. The van der Waals surface area contributed by atoms with Gasteiger partial charge in [0, 0.05) is 19.3 Å². The Morgan fingerprint density at radius 1 is 1.15 bits per heavy atom. The third-order valence-corrected chi connectivity index (χ3v) is 7.54. The SMILES string of the molecule is CC(C)(c1ccccn1)N1CC[C@@](CCc2ccc(C#N)cc2)(C(=O)NC2(C(F)(F)F)CC2)C1. The summed E-state index contributed by atoms with van der Waals surface area (Å²) < 4.78 is 40.9. The van der Waals surface area contributed by atoms with Crippen molar-refractivity contribution in [3.63, 3.8) is 0 Å². The molecule has 1 saturated carbocycles. The van der Waals surface area contributed by atoms with Gasteiger partial charge in [-0.25, -0.2) is 0 Å². The number of carbonyl (C=O) groups excluding carboxylic acids is 1. The largest absolute Gasteiger partial charge is 0.411 e. The number of halogens is 3. The molecule has 1 aliphatic carbocycles. The molecular formula is C26H29F3N4O. The number of carbonyl (C=O) groups is 1. The third-order valence-electron chi connectivity index (χ3n) is 7.54. The number of pyridine rings is 1. The number of nitriles is 1. The van der Waals surface area contributed by atoms with E-state index in [1.165, 1.54) is 0 Å². The summed E-state index contributed by atoms with van der Waals surface area (Å²) in [5.74, 6) is -0.518. The van der Waals surface area contributed by atoms with Gasteiger partial charge in [0.2, 0.25) is 5.91 Å². The van der Waals surface area contributed by atoms with E-state index in [-0.39, 0.29) is 12.8 Å². The predicted octanol–water partition coefficient (Wildman–Crippen LogP) is 4.72. The first-order valence-electron chi connectivity index (χ1n) is 11.6. The van der Waals surface area contributed by atoms with Crippen LogP contribution in [-0.4, -0.2) is 40.6 Å². The van der Waals surface area contributed by atoms with Crippen LogP contribution in [0.4, 0.5) is 13.2 Å². The third kappa shape index (κ3) is 4.54. The number of aryl methyl sites for hydroxylation is 1. The van der Waals surface area contributed by atoms with Gasteiger partial charge in [0.1, 0.15) is 5.54 Å². The number of hydrogen-bond donors (Lipinski definition) is 1. The summed E-state index contributed by atoms with van der Waals surface area (Å²) in [6.45, 7) is 5.00. The lowest BCUT2D eigenvalue weighted by Gasteiger charge is -2.37. The first-order chi connectivity index (χ1) is 16.0. The van der Waals surface area contributed by atoms with Crippen molar-refractivity contribution in [1.29, 1.82) is 5.26 Å². The zero-order valence-corrected chi connectivity index (χ0v) is 19.5. The van der Waals surface area contributed by atoms with Gasteiger partial charge >= 0.3 is 6.18 Å². The Balaban J connectivity index is 1.58. The molecule has 2 aromatic rings. The lowest BCUT2D eigenvalue weighted by Crippen LogP contribution is -2.54. The van der Waals surface area contributed by atoms with Crippen LogP contribution in [0.2, 0.25) is 0 Å². The van der Waals surface area contributed by atoms with Crippen molar-refractivity contribution >= 4 is 5.91 Å². The zero-order chi connectivity index (χ0) is 24.6. The number of likely N-dealkylation sites (tertiary alicyclic amines) is 1. The Morgan fingerprint density at radius 2 is 1.85 bits per heavy atom. The van der Waals surface area contributed by atoms with E-state index in [9.17, 15) is 18.0 Å². The second-order valence-electron chi connectivity index (χ2n) is 10.1. The Morgan fingerprint density at radius 3 is 2.41 bits per heavy atom. The summed E-state index contributed by atoms with van der Waals surface area (Å²) in [5, 5.41) is 11.4. The highest BCUT2D eigenvalue weighted by Crippen LogP contribution is 2.50. The van der Waals surface area contributed by atoms with Crippen LogP contribution in [0, 0.1) is 16.7 Å². The van der Waals surface area contributed by atoms with E-state index >= 15 is 0 Å². The predicted molar refractivity (Wildman–Crippen MR) is 122 cm³/mol. The lowest BCUT2D eigenvalue weighted by molar-refractivity contribution is -0.173. The lowest BCUT2D eigenvalue weighted by atomic mass is 9.79. The van der Waals surface area contributed by atoms with Crippen LogP contribution >= 0.6 is 0 Å². The standard InChI is InChI=1S/C26H29F3N4O/c1-23(2,21-5-3-4-15-31-21)33-16-14-24(18-33,11-10-19-6-8-20(17-30)9-7-19)22(34)32-25(12-13-25)26(27,28)29/h3-9,15H,10-14,16,18H2,1-2H3,(H,32,34)/t24-/m1/s1. The van der Waals surface area contributed by atoms with Crippen LogP contribution < -0.4 is 5.32 Å². The summed E-state index contributed by atoms with van der Waals surface area (Å²) in [6, 6.07) is 14.9. The Hall–Kier alpha value is -2.92. The maximum atomic E-state index is 13.6. The van der Waals surface area contributed by atoms with E-state index in [0.29, 0.717) is 37.9 Å². The highest BCUT2D eigenvalue weighted by Gasteiger charge is 2.65. The minimum absolute atomic E-state index is 0.0723. The minimum atomic E-state index is -4.46. The van der Waals surface area contributed by atoms with E-state index in [0.717, 1.165) is 11.3 Å². The Kier molecular flexibility index (Phi) is 6.19. The van der Waals surface area contributed by atoms with Gasteiger partial charge in [0.05, 0.1) is 28.3 Å². The van der Waals surface area contributed by atoms with Gasteiger partial charge in [0.25, 0.3) is 0 Å². The molecule has 34 heavy (non-hydrogen) atoms. The molecule has 0 spiro atoms. The van der Waals surface area contributed by atoms with E-state index in [4.69, 9.17) is 5.26 Å². The number of nitrogens with one attached hydrogen (secondary N) is 1. The molecule has 8 heteroatoms. The second kappa shape index (κ2) is 8.70. The molecule has 4 rings (SSSR count). The second-order valence-corrected chi connectivity index (χ2v) is 10.1. The molecule has 1 atom stereocenters. The van der Waals surface area contributed by atoms with Gasteiger partial charge < -0.3 is 5.32 Å². The quantitative estimate of drug-likeness (QED) is 0.636.